The quantitative estimate of drug-likeness (QED) is 0.668. The first kappa shape index (κ1) is 9.25. The fraction of sp³-hybridized carbons (Fsp3) is 0.111. The van der Waals surface area contributed by atoms with Gasteiger partial charge in [-0.15, -0.1) is 6.58 Å². The summed E-state index contributed by atoms with van der Waals surface area (Å²) in [6, 6.07) is 3.48. The molecule has 13 heavy (non-hydrogen) atoms. The zero-order chi connectivity index (χ0) is 9.68. The van der Waals surface area contributed by atoms with E-state index in [9.17, 15) is 4.79 Å². The van der Waals surface area contributed by atoms with Crippen LogP contribution in [0.4, 0.5) is 5.69 Å². The third-order valence-corrected chi connectivity index (χ3v) is 1.48. The first-order valence-corrected chi connectivity index (χ1v) is 3.85. The summed E-state index contributed by atoms with van der Waals surface area (Å²) >= 11 is 0. The Labute approximate surface area is 76.5 Å². The minimum Gasteiger partial charge on any atom is -0.380 e. The highest BCUT2D eigenvalue weighted by Crippen LogP contribution is 2.10. The van der Waals surface area contributed by atoms with Crippen LogP contribution in [0.15, 0.2) is 31.0 Å². The molecule has 1 rings (SSSR count). The average Bonchev–Trinajstić information content (AvgIpc) is 2.15. The molecule has 0 aromatic carbocycles. The molecule has 1 heterocycles. The van der Waals surface area contributed by atoms with Crippen LogP contribution in [0, 0.1) is 0 Å². The van der Waals surface area contributed by atoms with Crippen molar-refractivity contribution in [1.82, 2.24) is 4.98 Å². The molecule has 1 aromatic heterocycles. The number of nitrogens with zero attached hydrogens (tertiary/aromatic N) is 1. The minimum atomic E-state index is -0.535. The molecule has 0 fully saturated rings. The van der Waals surface area contributed by atoms with E-state index in [1.54, 1.807) is 18.2 Å². The molecule has 0 unspecified atom stereocenters. The van der Waals surface area contributed by atoms with Gasteiger partial charge in [0.1, 0.15) is 0 Å². The van der Waals surface area contributed by atoms with Crippen molar-refractivity contribution in [2.45, 2.75) is 0 Å². The lowest BCUT2D eigenvalue weighted by Crippen LogP contribution is -2.16. The number of carbonyl (C=O) groups excluding carboxylic acids is 1. The Hall–Kier alpha value is -1.84. The zero-order valence-corrected chi connectivity index (χ0v) is 7.16. The Morgan fingerprint density at radius 3 is 3.15 bits per heavy atom. The van der Waals surface area contributed by atoms with E-state index in [-0.39, 0.29) is 5.69 Å². The number of pyridine rings is 1. The second-order valence-electron chi connectivity index (χ2n) is 2.43. The first-order chi connectivity index (χ1) is 6.25. The van der Waals surface area contributed by atoms with E-state index in [0.29, 0.717) is 12.2 Å². The van der Waals surface area contributed by atoms with Gasteiger partial charge in [0.05, 0.1) is 5.69 Å². The maximum absolute atomic E-state index is 10.9. The number of hydrogen-bond donors (Lipinski definition) is 2. The molecule has 0 saturated heterocycles. The second kappa shape index (κ2) is 4.25. The highest BCUT2D eigenvalue weighted by molar-refractivity contribution is 5.96. The lowest BCUT2D eigenvalue weighted by Gasteiger charge is -2.05. The smallest absolute Gasteiger partial charge is 0.269 e. The van der Waals surface area contributed by atoms with Gasteiger partial charge >= 0.3 is 0 Å². The molecule has 1 amide bonds. The summed E-state index contributed by atoms with van der Waals surface area (Å²) in [7, 11) is 0. The first-order valence-electron chi connectivity index (χ1n) is 3.85. The number of rotatable bonds is 4. The summed E-state index contributed by atoms with van der Waals surface area (Å²) in [5, 5.41) is 2.96. The van der Waals surface area contributed by atoms with Crippen LogP contribution in [0.3, 0.4) is 0 Å². The topological polar surface area (TPSA) is 68.0 Å². The van der Waals surface area contributed by atoms with Crippen LogP contribution in [0.5, 0.6) is 0 Å². The lowest BCUT2D eigenvalue weighted by atomic mass is 10.3. The fourth-order valence-corrected chi connectivity index (χ4v) is 0.926. The van der Waals surface area contributed by atoms with Crippen molar-refractivity contribution in [3.63, 3.8) is 0 Å². The molecular weight excluding hydrogens is 166 g/mol. The van der Waals surface area contributed by atoms with Gasteiger partial charge < -0.3 is 11.1 Å². The van der Waals surface area contributed by atoms with Gasteiger partial charge in [0.25, 0.3) is 5.91 Å². The lowest BCUT2D eigenvalue weighted by molar-refractivity contribution is 0.0996. The van der Waals surface area contributed by atoms with Crippen LogP contribution in [-0.2, 0) is 0 Å². The number of aromatic nitrogens is 1. The molecule has 0 bridgehead atoms. The van der Waals surface area contributed by atoms with Crippen molar-refractivity contribution >= 4 is 11.6 Å². The molecule has 0 spiro atoms. The molecule has 3 N–H and O–H groups in total. The number of anilines is 1. The van der Waals surface area contributed by atoms with Crippen molar-refractivity contribution < 1.29 is 4.79 Å². The maximum atomic E-state index is 10.9. The molecule has 0 aliphatic heterocycles. The van der Waals surface area contributed by atoms with Gasteiger partial charge in [0, 0.05) is 12.7 Å². The third-order valence-electron chi connectivity index (χ3n) is 1.48. The second-order valence-corrected chi connectivity index (χ2v) is 2.43. The monoisotopic (exact) mass is 177 g/mol. The van der Waals surface area contributed by atoms with Gasteiger partial charge in [-0.2, -0.15) is 0 Å². The fourth-order valence-electron chi connectivity index (χ4n) is 0.926. The number of nitrogens with one attached hydrogen (secondary N) is 1. The predicted molar refractivity (Wildman–Crippen MR) is 51.4 cm³/mol. The number of amides is 1. The van der Waals surface area contributed by atoms with Crippen molar-refractivity contribution in [3.05, 3.63) is 36.7 Å². The van der Waals surface area contributed by atoms with E-state index in [1.165, 1.54) is 6.20 Å². The Morgan fingerprint density at radius 2 is 2.54 bits per heavy atom. The normalized spacial score (nSPS) is 9.23. The van der Waals surface area contributed by atoms with Crippen LogP contribution >= 0.6 is 0 Å². The summed E-state index contributed by atoms with van der Waals surface area (Å²) in [5.41, 5.74) is 6.01. The summed E-state index contributed by atoms with van der Waals surface area (Å²) < 4.78 is 0. The summed E-state index contributed by atoms with van der Waals surface area (Å²) in [6.07, 6.45) is 3.22. The molecule has 0 atom stereocenters. The average molecular weight is 177 g/mol. The van der Waals surface area contributed by atoms with Crippen molar-refractivity contribution in [2.24, 2.45) is 5.73 Å². The highest BCUT2D eigenvalue weighted by atomic mass is 16.1. The highest BCUT2D eigenvalue weighted by Gasteiger charge is 2.06. The van der Waals surface area contributed by atoms with Gasteiger partial charge in [-0.3, -0.25) is 4.79 Å². The van der Waals surface area contributed by atoms with E-state index in [4.69, 9.17) is 5.73 Å². The minimum absolute atomic E-state index is 0.254. The third kappa shape index (κ3) is 2.30. The van der Waals surface area contributed by atoms with Gasteiger partial charge in [-0.05, 0) is 12.1 Å². The predicted octanol–water partition coefficient (Wildman–Crippen LogP) is 0.778. The van der Waals surface area contributed by atoms with Crippen LogP contribution in [0.2, 0.25) is 0 Å². The van der Waals surface area contributed by atoms with E-state index < -0.39 is 5.91 Å². The Morgan fingerprint density at radius 1 is 1.77 bits per heavy atom. The van der Waals surface area contributed by atoms with Crippen LogP contribution in [-0.4, -0.2) is 17.4 Å². The summed E-state index contributed by atoms with van der Waals surface area (Å²) in [4.78, 5) is 14.7. The van der Waals surface area contributed by atoms with Gasteiger partial charge in [-0.25, -0.2) is 4.98 Å². The molecule has 0 aliphatic rings. The van der Waals surface area contributed by atoms with E-state index in [0.717, 1.165) is 0 Å². The Bertz CT molecular complexity index is 322. The number of nitrogens with two attached hydrogens (primary N) is 1. The Balaban J connectivity index is 2.90. The van der Waals surface area contributed by atoms with Gasteiger partial charge in [0.15, 0.2) is 5.69 Å². The molecule has 4 nitrogen and oxygen atoms in total. The number of hydrogen-bond acceptors (Lipinski definition) is 3. The van der Waals surface area contributed by atoms with Crippen molar-refractivity contribution in [3.8, 4) is 0 Å². The van der Waals surface area contributed by atoms with E-state index >= 15 is 0 Å². The standard InChI is InChI=1S/C9H11N3O/c1-2-5-11-7-4-3-6-12-8(7)9(10)13/h2-4,6,11H,1,5H2,(H2,10,13). The Kier molecular flexibility index (Phi) is 3.03. The molecule has 68 valence electrons. The van der Waals surface area contributed by atoms with Gasteiger partial charge in [-0.1, -0.05) is 6.08 Å². The molecule has 1 aromatic rings. The molecule has 4 heteroatoms. The largest absolute Gasteiger partial charge is 0.380 e. The van der Waals surface area contributed by atoms with Crippen LogP contribution in [0.25, 0.3) is 0 Å². The summed E-state index contributed by atoms with van der Waals surface area (Å²) in [5.74, 6) is -0.535. The molecular formula is C9H11N3O. The summed E-state index contributed by atoms with van der Waals surface area (Å²) in [6.45, 7) is 4.13. The van der Waals surface area contributed by atoms with Crippen molar-refractivity contribution in [1.29, 1.82) is 0 Å². The van der Waals surface area contributed by atoms with E-state index in [2.05, 4.69) is 16.9 Å². The van der Waals surface area contributed by atoms with E-state index in [1.807, 2.05) is 0 Å². The van der Waals surface area contributed by atoms with Crippen LogP contribution < -0.4 is 11.1 Å². The molecule has 0 aliphatic carbocycles. The number of primary amides is 1. The number of carbonyl (C=O) groups is 1. The van der Waals surface area contributed by atoms with Crippen molar-refractivity contribution in [2.75, 3.05) is 11.9 Å². The zero-order valence-electron chi connectivity index (χ0n) is 7.16. The molecule has 0 radical (unpaired) electrons. The molecule has 0 saturated carbocycles. The SMILES string of the molecule is C=CCNc1cccnc1C(N)=O. The maximum Gasteiger partial charge on any atom is 0.269 e. The van der Waals surface area contributed by atoms with Gasteiger partial charge in [0.2, 0.25) is 0 Å². The van der Waals surface area contributed by atoms with Crippen LogP contribution in [0.1, 0.15) is 10.5 Å².